The highest BCUT2D eigenvalue weighted by atomic mass is 79.9. The molecule has 96 valence electrons. The number of likely N-dealkylation sites (tertiary alicyclic amines) is 1. The quantitative estimate of drug-likeness (QED) is 0.768. The van der Waals surface area contributed by atoms with E-state index in [1.165, 1.54) is 36.1 Å². The molecular weight excluding hydrogens is 346 g/mol. The molecule has 17 heavy (non-hydrogen) atoms. The van der Waals surface area contributed by atoms with Gasteiger partial charge in [-0.3, -0.25) is 9.58 Å². The molecule has 0 bridgehead atoms. The van der Waals surface area contributed by atoms with Crippen LogP contribution >= 0.6 is 31.9 Å². The zero-order chi connectivity index (χ0) is 12.4. The Bertz CT molecular complexity index is 381. The van der Waals surface area contributed by atoms with E-state index in [1.54, 1.807) is 0 Å². The highest BCUT2D eigenvalue weighted by molar-refractivity contribution is 9.10. The first-order valence-corrected chi connectivity index (χ1v) is 7.89. The molecule has 2 rings (SSSR count). The van der Waals surface area contributed by atoms with Gasteiger partial charge in [0, 0.05) is 18.4 Å². The minimum Gasteiger partial charge on any atom is -0.297 e. The lowest BCUT2D eigenvalue weighted by molar-refractivity contribution is 0.220. The zero-order valence-corrected chi connectivity index (χ0v) is 13.6. The Morgan fingerprint density at radius 3 is 2.53 bits per heavy atom. The van der Waals surface area contributed by atoms with Crippen LogP contribution in [0.2, 0.25) is 0 Å². The van der Waals surface area contributed by atoms with Crippen LogP contribution in [0.3, 0.4) is 0 Å². The molecule has 1 saturated heterocycles. The van der Waals surface area contributed by atoms with E-state index >= 15 is 0 Å². The van der Waals surface area contributed by atoms with Gasteiger partial charge in [0.2, 0.25) is 0 Å². The van der Waals surface area contributed by atoms with Crippen molar-refractivity contribution in [3.05, 3.63) is 15.9 Å². The molecule has 1 aromatic heterocycles. The summed E-state index contributed by atoms with van der Waals surface area (Å²) in [6, 6.07) is 0. The maximum Gasteiger partial charge on any atom is 0.0767 e. The number of aryl methyl sites for hydroxylation is 2. The first-order valence-electron chi connectivity index (χ1n) is 6.18. The van der Waals surface area contributed by atoms with Crippen LogP contribution in [0.4, 0.5) is 0 Å². The van der Waals surface area contributed by atoms with Crippen molar-refractivity contribution in [1.82, 2.24) is 14.7 Å². The number of rotatable bonds is 3. The Balaban J connectivity index is 2.05. The summed E-state index contributed by atoms with van der Waals surface area (Å²) < 4.78 is 3.21. The summed E-state index contributed by atoms with van der Waals surface area (Å²) in [5.41, 5.74) is 2.47. The van der Waals surface area contributed by atoms with E-state index in [2.05, 4.69) is 48.8 Å². The summed E-state index contributed by atoms with van der Waals surface area (Å²) >= 11 is 7.37. The van der Waals surface area contributed by atoms with Crippen molar-refractivity contribution in [3.63, 3.8) is 0 Å². The molecule has 1 aliphatic rings. The van der Waals surface area contributed by atoms with Gasteiger partial charge in [-0.25, -0.2) is 0 Å². The summed E-state index contributed by atoms with van der Waals surface area (Å²) in [6.07, 6.45) is 3.48. The van der Waals surface area contributed by atoms with Crippen LogP contribution in [0.1, 0.15) is 31.2 Å². The zero-order valence-electron chi connectivity index (χ0n) is 10.4. The number of alkyl halides is 1. The molecule has 0 N–H and O–H groups in total. The fraction of sp³-hybridized carbons (Fsp3) is 0.750. The van der Waals surface area contributed by atoms with Gasteiger partial charge >= 0.3 is 0 Å². The van der Waals surface area contributed by atoms with Crippen LogP contribution in [0.5, 0.6) is 0 Å². The van der Waals surface area contributed by atoms with Crippen molar-refractivity contribution in [2.24, 2.45) is 7.05 Å². The second-order valence-electron chi connectivity index (χ2n) is 4.64. The molecule has 0 atom stereocenters. The smallest absolute Gasteiger partial charge is 0.0767 e. The van der Waals surface area contributed by atoms with Crippen molar-refractivity contribution in [2.45, 2.75) is 37.6 Å². The van der Waals surface area contributed by atoms with Gasteiger partial charge in [0.05, 0.1) is 15.9 Å². The second-order valence-corrected chi connectivity index (χ2v) is 6.72. The first-order chi connectivity index (χ1) is 8.11. The van der Waals surface area contributed by atoms with Crippen LogP contribution in [0.15, 0.2) is 4.47 Å². The number of nitrogens with zero attached hydrogens (tertiary/aromatic N) is 3. The molecular formula is C12H19Br2N3. The molecule has 0 spiro atoms. The second kappa shape index (κ2) is 5.85. The van der Waals surface area contributed by atoms with Gasteiger partial charge in [0.15, 0.2) is 0 Å². The van der Waals surface area contributed by atoms with Crippen molar-refractivity contribution < 1.29 is 0 Å². The predicted octanol–water partition coefficient (Wildman–Crippen LogP) is 3.10. The first kappa shape index (κ1) is 13.6. The van der Waals surface area contributed by atoms with E-state index < -0.39 is 0 Å². The van der Waals surface area contributed by atoms with E-state index in [9.17, 15) is 0 Å². The number of aromatic nitrogens is 2. The Kier molecular flexibility index (Phi) is 4.66. The molecule has 0 radical (unpaired) electrons. The van der Waals surface area contributed by atoms with Gasteiger partial charge in [-0.2, -0.15) is 5.10 Å². The molecule has 1 aromatic rings. The molecule has 0 unspecified atom stereocenters. The third kappa shape index (κ3) is 3.12. The van der Waals surface area contributed by atoms with E-state index in [1.807, 2.05) is 11.7 Å². The maximum atomic E-state index is 4.54. The molecule has 0 saturated carbocycles. The minimum absolute atomic E-state index is 0.708. The minimum atomic E-state index is 0.708. The molecule has 0 aromatic carbocycles. The lowest BCUT2D eigenvalue weighted by Crippen LogP contribution is -2.34. The van der Waals surface area contributed by atoms with Crippen LogP contribution < -0.4 is 0 Å². The maximum absolute atomic E-state index is 4.54. The highest BCUT2D eigenvalue weighted by Gasteiger charge is 2.20. The molecule has 1 fully saturated rings. The Morgan fingerprint density at radius 1 is 1.35 bits per heavy atom. The average molecular weight is 365 g/mol. The van der Waals surface area contributed by atoms with E-state index in [0.29, 0.717) is 4.83 Å². The molecule has 0 amide bonds. The fourth-order valence-electron chi connectivity index (χ4n) is 2.26. The van der Waals surface area contributed by atoms with Gasteiger partial charge in [-0.15, -0.1) is 0 Å². The number of hydrogen-bond acceptors (Lipinski definition) is 2. The molecule has 0 aliphatic carbocycles. The van der Waals surface area contributed by atoms with Crippen LogP contribution in [0, 0.1) is 0 Å². The van der Waals surface area contributed by atoms with Gasteiger partial charge in [-0.05, 0) is 48.3 Å². The summed E-state index contributed by atoms with van der Waals surface area (Å²) in [7, 11) is 2.04. The molecule has 3 nitrogen and oxygen atoms in total. The van der Waals surface area contributed by atoms with E-state index in [4.69, 9.17) is 0 Å². The Morgan fingerprint density at radius 2 is 2.00 bits per heavy atom. The van der Waals surface area contributed by atoms with E-state index in [-0.39, 0.29) is 0 Å². The SMILES string of the molecule is CCc1nn(C)c(CN2CCC(Br)CC2)c1Br. The highest BCUT2D eigenvalue weighted by Crippen LogP contribution is 2.25. The predicted molar refractivity (Wildman–Crippen MR) is 77.5 cm³/mol. The van der Waals surface area contributed by atoms with Crippen molar-refractivity contribution in [1.29, 1.82) is 0 Å². The third-order valence-electron chi connectivity index (χ3n) is 3.39. The van der Waals surface area contributed by atoms with Gasteiger partial charge < -0.3 is 0 Å². The van der Waals surface area contributed by atoms with Gasteiger partial charge in [0.1, 0.15) is 0 Å². The van der Waals surface area contributed by atoms with Crippen molar-refractivity contribution in [3.8, 4) is 0 Å². The van der Waals surface area contributed by atoms with Crippen LogP contribution in [0.25, 0.3) is 0 Å². The lowest BCUT2D eigenvalue weighted by Gasteiger charge is -2.29. The van der Waals surface area contributed by atoms with E-state index in [0.717, 1.165) is 18.7 Å². The summed E-state index contributed by atoms with van der Waals surface area (Å²) in [5, 5.41) is 4.54. The van der Waals surface area contributed by atoms with Crippen molar-refractivity contribution >= 4 is 31.9 Å². The van der Waals surface area contributed by atoms with Gasteiger partial charge in [0.25, 0.3) is 0 Å². The number of hydrogen-bond donors (Lipinski definition) is 0. The standard InChI is InChI=1S/C12H19Br2N3/c1-3-10-12(14)11(16(2)15-10)8-17-6-4-9(13)5-7-17/h9H,3-8H2,1-2H3. The summed E-state index contributed by atoms with van der Waals surface area (Å²) in [5.74, 6) is 0. The average Bonchev–Trinajstić information content (AvgIpc) is 2.59. The third-order valence-corrected chi connectivity index (χ3v) is 5.22. The monoisotopic (exact) mass is 363 g/mol. The summed E-state index contributed by atoms with van der Waals surface area (Å²) in [6.45, 7) is 5.50. The largest absolute Gasteiger partial charge is 0.297 e. The van der Waals surface area contributed by atoms with Crippen molar-refractivity contribution in [2.75, 3.05) is 13.1 Å². The molecule has 1 aliphatic heterocycles. The fourth-order valence-corrected chi connectivity index (χ4v) is 3.41. The van der Waals surface area contributed by atoms with Gasteiger partial charge in [-0.1, -0.05) is 22.9 Å². The Labute approximate surface area is 120 Å². The normalized spacial score (nSPS) is 18.8. The number of piperidine rings is 1. The molecule has 2 heterocycles. The topological polar surface area (TPSA) is 21.1 Å². The van der Waals surface area contributed by atoms with Crippen LogP contribution in [-0.2, 0) is 20.0 Å². The van der Waals surface area contributed by atoms with Crippen LogP contribution in [-0.4, -0.2) is 32.6 Å². The number of halogens is 2. The molecule has 5 heteroatoms. The Hall–Kier alpha value is 0.130. The summed E-state index contributed by atoms with van der Waals surface area (Å²) in [4.78, 5) is 3.22. The lowest BCUT2D eigenvalue weighted by atomic mass is 10.1.